The van der Waals surface area contributed by atoms with E-state index in [0.29, 0.717) is 0 Å². The normalized spacial score (nSPS) is 11.0. The average molecular weight is 285 g/mol. The maximum Gasteiger partial charge on any atom is 0.0727 e. The fourth-order valence-corrected chi connectivity index (χ4v) is 2.65. The van der Waals surface area contributed by atoms with Crippen LogP contribution in [0.15, 0.2) is 24.3 Å². The number of aromatic nitrogens is 1. The van der Waals surface area contributed by atoms with Gasteiger partial charge in [-0.3, -0.25) is 4.98 Å². The van der Waals surface area contributed by atoms with Crippen molar-refractivity contribution in [1.29, 1.82) is 0 Å². The van der Waals surface area contributed by atoms with E-state index < -0.39 is 0 Å². The van der Waals surface area contributed by atoms with Crippen LogP contribution in [-0.4, -0.2) is 11.5 Å². The number of nitrogens with two attached hydrogens (primary N) is 1. The molecule has 1 heterocycles. The smallest absolute Gasteiger partial charge is 0.0727 e. The molecule has 114 valence electrons. The molecule has 0 radical (unpaired) electrons. The number of pyridine rings is 1. The Balaban J connectivity index is 1.93. The highest BCUT2D eigenvalue weighted by molar-refractivity contribution is 5.93. The lowest BCUT2D eigenvalue weighted by Gasteiger charge is -2.11. The Morgan fingerprint density at radius 3 is 2.62 bits per heavy atom. The summed E-state index contributed by atoms with van der Waals surface area (Å²) in [5.74, 6) is 0. The molecular weight excluding hydrogens is 258 g/mol. The summed E-state index contributed by atoms with van der Waals surface area (Å²) in [6, 6.07) is 8.02. The van der Waals surface area contributed by atoms with E-state index in [4.69, 9.17) is 5.73 Å². The van der Waals surface area contributed by atoms with Gasteiger partial charge in [-0.05, 0) is 37.6 Å². The van der Waals surface area contributed by atoms with Gasteiger partial charge in [0.2, 0.25) is 0 Å². The summed E-state index contributed by atoms with van der Waals surface area (Å²) in [6.45, 7) is 5.30. The zero-order chi connectivity index (χ0) is 15.1. The number of benzene rings is 1. The van der Waals surface area contributed by atoms with E-state index >= 15 is 0 Å². The number of nitrogens with zero attached hydrogens (tertiary/aromatic N) is 1. The van der Waals surface area contributed by atoms with Crippen LogP contribution in [0.4, 0.5) is 11.4 Å². The Morgan fingerprint density at radius 2 is 1.81 bits per heavy atom. The molecule has 0 aliphatic carbocycles. The molecule has 0 unspecified atom stereocenters. The fourth-order valence-electron chi connectivity index (χ4n) is 2.65. The molecule has 0 saturated carbocycles. The van der Waals surface area contributed by atoms with Crippen molar-refractivity contribution in [3.05, 3.63) is 30.0 Å². The Morgan fingerprint density at radius 1 is 1.05 bits per heavy atom. The Hall–Kier alpha value is -1.77. The summed E-state index contributed by atoms with van der Waals surface area (Å²) in [4.78, 5) is 4.56. The third-order valence-electron chi connectivity index (χ3n) is 3.81. The molecule has 3 nitrogen and oxygen atoms in total. The van der Waals surface area contributed by atoms with Gasteiger partial charge in [0, 0.05) is 29.0 Å². The van der Waals surface area contributed by atoms with Crippen LogP contribution < -0.4 is 11.1 Å². The second-order valence-corrected chi connectivity index (χ2v) is 5.78. The average Bonchev–Trinajstić information content (AvgIpc) is 2.47. The van der Waals surface area contributed by atoms with Gasteiger partial charge in [-0.25, -0.2) is 0 Å². The van der Waals surface area contributed by atoms with Crippen LogP contribution in [-0.2, 0) is 0 Å². The van der Waals surface area contributed by atoms with E-state index in [2.05, 4.69) is 23.3 Å². The van der Waals surface area contributed by atoms with Crippen molar-refractivity contribution in [2.45, 2.75) is 52.4 Å². The zero-order valence-electron chi connectivity index (χ0n) is 13.3. The van der Waals surface area contributed by atoms with Crippen molar-refractivity contribution in [3.63, 3.8) is 0 Å². The van der Waals surface area contributed by atoms with Crippen LogP contribution in [0.2, 0.25) is 0 Å². The minimum atomic E-state index is 0.788. The zero-order valence-corrected chi connectivity index (χ0v) is 13.3. The van der Waals surface area contributed by atoms with Crippen molar-refractivity contribution in [3.8, 4) is 0 Å². The van der Waals surface area contributed by atoms with E-state index in [-0.39, 0.29) is 0 Å². The van der Waals surface area contributed by atoms with Crippen LogP contribution in [0.1, 0.15) is 51.1 Å². The molecule has 3 N–H and O–H groups in total. The maximum absolute atomic E-state index is 5.90. The molecule has 21 heavy (non-hydrogen) atoms. The highest BCUT2D eigenvalue weighted by Gasteiger charge is 2.04. The SMILES string of the molecule is CCCCCCCCNc1cc(C)nc2ccc(N)cc12. The first kappa shape index (κ1) is 15.6. The first-order valence-corrected chi connectivity index (χ1v) is 8.11. The number of fused-ring (bicyclic) bond motifs is 1. The fraction of sp³-hybridized carbons (Fsp3) is 0.500. The molecule has 0 fully saturated rings. The van der Waals surface area contributed by atoms with E-state index in [9.17, 15) is 0 Å². The predicted octanol–water partition coefficient (Wildman–Crippen LogP) is 4.90. The molecule has 0 aliphatic heterocycles. The van der Waals surface area contributed by atoms with Crippen molar-refractivity contribution < 1.29 is 0 Å². The van der Waals surface area contributed by atoms with Crippen LogP contribution in [0.5, 0.6) is 0 Å². The first-order valence-electron chi connectivity index (χ1n) is 8.11. The molecule has 3 heteroatoms. The van der Waals surface area contributed by atoms with Crippen molar-refractivity contribution in [2.24, 2.45) is 0 Å². The molecule has 0 amide bonds. The number of hydrogen-bond donors (Lipinski definition) is 2. The topological polar surface area (TPSA) is 50.9 Å². The largest absolute Gasteiger partial charge is 0.399 e. The molecule has 1 aromatic carbocycles. The number of rotatable bonds is 8. The number of unbranched alkanes of at least 4 members (excludes halogenated alkanes) is 5. The molecule has 0 atom stereocenters. The second kappa shape index (κ2) is 7.87. The maximum atomic E-state index is 5.90. The first-order chi connectivity index (χ1) is 10.2. The van der Waals surface area contributed by atoms with E-state index in [1.54, 1.807) is 0 Å². The van der Waals surface area contributed by atoms with Gasteiger partial charge < -0.3 is 11.1 Å². The van der Waals surface area contributed by atoms with E-state index in [1.807, 2.05) is 25.1 Å². The van der Waals surface area contributed by atoms with Crippen molar-refractivity contribution >= 4 is 22.3 Å². The molecule has 2 aromatic rings. The molecule has 1 aromatic heterocycles. The van der Waals surface area contributed by atoms with Gasteiger partial charge in [-0.15, -0.1) is 0 Å². The predicted molar refractivity (Wildman–Crippen MR) is 92.8 cm³/mol. The van der Waals surface area contributed by atoms with Gasteiger partial charge in [0.1, 0.15) is 0 Å². The molecule has 0 spiro atoms. The summed E-state index contributed by atoms with van der Waals surface area (Å²) >= 11 is 0. The Labute approximate surface area is 128 Å². The van der Waals surface area contributed by atoms with Crippen molar-refractivity contribution in [2.75, 3.05) is 17.6 Å². The number of aryl methyl sites for hydroxylation is 1. The van der Waals surface area contributed by atoms with Crippen LogP contribution in [0.3, 0.4) is 0 Å². The summed E-state index contributed by atoms with van der Waals surface area (Å²) in [7, 11) is 0. The molecule has 2 rings (SSSR count). The van der Waals surface area contributed by atoms with E-state index in [1.165, 1.54) is 38.5 Å². The summed E-state index contributed by atoms with van der Waals surface area (Å²) in [5, 5.41) is 4.67. The number of hydrogen-bond acceptors (Lipinski definition) is 3. The summed E-state index contributed by atoms with van der Waals surface area (Å²) in [5.41, 5.74) is 9.89. The van der Waals surface area contributed by atoms with Crippen LogP contribution in [0.25, 0.3) is 10.9 Å². The van der Waals surface area contributed by atoms with Gasteiger partial charge in [0.15, 0.2) is 0 Å². The Kier molecular flexibility index (Phi) is 5.85. The van der Waals surface area contributed by atoms with Gasteiger partial charge >= 0.3 is 0 Å². The lowest BCUT2D eigenvalue weighted by molar-refractivity contribution is 0.617. The quantitative estimate of drug-likeness (QED) is 0.536. The monoisotopic (exact) mass is 285 g/mol. The van der Waals surface area contributed by atoms with Gasteiger partial charge in [0.25, 0.3) is 0 Å². The van der Waals surface area contributed by atoms with Gasteiger partial charge in [0.05, 0.1) is 5.52 Å². The number of nitrogens with one attached hydrogen (secondary N) is 1. The van der Waals surface area contributed by atoms with Crippen LogP contribution >= 0.6 is 0 Å². The third kappa shape index (κ3) is 4.62. The molecule has 0 aliphatic rings. The summed E-state index contributed by atoms with van der Waals surface area (Å²) < 4.78 is 0. The molecule has 0 bridgehead atoms. The van der Waals surface area contributed by atoms with Gasteiger partial charge in [-0.1, -0.05) is 39.0 Å². The highest BCUT2D eigenvalue weighted by atomic mass is 14.9. The standard InChI is InChI=1S/C18H27N3/c1-3-4-5-6-7-8-11-20-18-12-14(2)21-17-10-9-15(19)13-16(17)18/h9-10,12-13H,3-8,11,19H2,1-2H3,(H,20,21). The second-order valence-electron chi connectivity index (χ2n) is 5.78. The Bertz CT molecular complexity index is 578. The van der Waals surface area contributed by atoms with Gasteiger partial charge in [-0.2, -0.15) is 0 Å². The van der Waals surface area contributed by atoms with Crippen molar-refractivity contribution in [1.82, 2.24) is 4.98 Å². The molecular formula is C18H27N3. The number of anilines is 2. The van der Waals surface area contributed by atoms with Crippen LogP contribution in [0, 0.1) is 6.92 Å². The summed E-state index contributed by atoms with van der Waals surface area (Å²) in [6.07, 6.45) is 7.90. The molecule has 0 saturated heterocycles. The third-order valence-corrected chi connectivity index (χ3v) is 3.81. The number of nitrogen functional groups attached to an aromatic ring is 1. The van der Waals surface area contributed by atoms with E-state index in [0.717, 1.165) is 34.5 Å². The lowest BCUT2D eigenvalue weighted by Crippen LogP contribution is -2.03. The minimum absolute atomic E-state index is 0.788. The lowest BCUT2D eigenvalue weighted by atomic mass is 10.1. The highest BCUT2D eigenvalue weighted by Crippen LogP contribution is 2.25. The minimum Gasteiger partial charge on any atom is -0.399 e.